The number of nitrogens with one attached hydrogen (secondary N) is 1. The van der Waals surface area contributed by atoms with Gasteiger partial charge >= 0.3 is 5.97 Å². The van der Waals surface area contributed by atoms with Gasteiger partial charge in [0.15, 0.2) is 0 Å². The molecule has 0 aromatic heterocycles. The number of benzene rings is 1. The van der Waals surface area contributed by atoms with Crippen molar-refractivity contribution < 1.29 is 14.7 Å². The summed E-state index contributed by atoms with van der Waals surface area (Å²) in [6.07, 6.45) is 5.12. The molecule has 0 saturated heterocycles. The fourth-order valence-electron chi connectivity index (χ4n) is 1.41. The van der Waals surface area contributed by atoms with E-state index in [1.54, 1.807) is 24.3 Å². The number of hydrogen-bond donors (Lipinski definition) is 2. The molecule has 0 fully saturated rings. The van der Waals surface area contributed by atoms with E-state index in [2.05, 4.69) is 11.2 Å². The van der Waals surface area contributed by atoms with Crippen molar-refractivity contribution in [3.05, 3.63) is 30.3 Å². The fourth-order valence-corrected chi connectivity index (χ4v) is 1.41. The summed E-state index contributed by atoms with van der Waals surface area (Å²) >= 11 is 0. The molecule has 0 radical (unpaired) electrons. The van der Waals surface area contributed by atoms with Crippen molar-refractivity contribution in [3.63, 3.8) is 0 Å². The van der Waals surface area contributed by atoms with Gasteiger partial charge in [0, 0.05) is 5.69 Å². The van der Waals surface area contributed by atoms with E-state index < -0.39 is 5.97 Å². The van der Waals surface area contributed by atoms with E-state index in [9.17, 15) is 9.59 Å². The average Bonchev–Trinajstić information content (AvgIpc) is 2.29. The van der Waals surface area contributed by atoms with Crippen LogP contribution in [-0.4, -0.2) is 41.5 Å². The molecule has 1 aromatic rings. The minimum atomic E-state index is -1.02. The molecule has 1 rings (SSSR count). The number of carboxylic acid groups (broad SMARTS) is 1. The zero-order valence-electron chi connectivity index (χ0n) is 9.80. The number of aliphatic carboxylic acids is 1. The van der Waals surface area contributed by atoms with Crippen molar-refractivity contribution in [1.82, 2.24) is 4.90 Å². The third kappa shape index (κ3) is 5.14. The van der Waals surface area contributed by atoms with Gasteiger partial charge in [-0.2, -0.15) is 0 Å². The minimum Gasteiger partial charge on any atom is -0.480 e. The number of para-hydroxylation sites is 1. The molecule has 0 bridgehead atoms. The number of carbonyl (C=O) groups is 2. The second kappa shape index (κ2) is 7.09. The molecule has 0 aliphatic carbocycles. The summed E-state index contributed by atoms with van der Waals surface area (Å²) in [6.45, 7) is -0.188. The van der Waals surface area contributed by atoms with E-state index in [-0.39, 0.29) is 25.5 Å². The van der Waals surface area contributed by atoms with Gasteiger partial charge in [0.1, 0.15) is 0 Å². The van der Waals surface area contributed by atoms with E-state index in [4.69, 9.17) is 11.5 Å². The van der Waals surface area contributed by atoms with E-state index in [1.165, 1.54) is 4.90 Å². The Morgan fingerprint density at radius 3 is 2.50 bits per heavy atom. The first-order valence-corrected chi connectivity index (χ1v) is 5.34. The highest BCUT2D eigenvalue weighted by atomic mass is 16.4. The number of nitrogens with zero attached hydrogens (tertiary/aromatic N) is 1. The van der Waals surface area contributed by atoms with Gasteiger partial charge in [-0.25, -0.2) is 0 Å². The van der Waals surface area contributed by atoms with Crippen molar-refractivity contribution in [1.29, 1.82) is 0 Å². The van der Waals surface area contributed by atoms with Crippen LogP contribution in [0, 0.1) is 12.3 Å². The third-order valence-corrected chi connectivity index (χ3v) is 2.10. The zero-order valence-corrected chi connectivity index (χ0v) is 9.80. The van der Waals surface area contributed by atoms with Crippen LogP contribution in [0.5, 0.6) is 0 Å². The molecular weight excluding hydrogens is 232 g/mol. The summed E-state index contributed by atoms with van der Waals surface area (Å²) in [6, 6.07) is 8.93. The standard InChI is InChI=1S/C13H14N2O3/c1-2-8-15(10-13(17)18)9-12(16)14-11-6-4-3-5-7-11/h1,3-7H,8-10H2,(H,14,16)(H,17,18). The number of hydrogen-bond acceptors (Lipinski definition) is 3. The molecule has 0 aliphatic heterocycles. The summed E-state index contributed by atoms with van der Waals surface area (Å²) in [5.74, 6) is 1.02. The molecule has 2 N–H and O–H groups in total. The Hall–Kier alpha value is -2.32. The number of amides is 1. The topological polar surface area (TPSA) is 69.6 Å². The van der Waals surface area contributed by atoms with Gasteiger partial charge < -0.3 is 10.4 Å². The number of rotatable bonds is 6. The number of terminal acetylenes is 1. The van der Waals surface area contributed by atoms with Gasteiger partial charge in [-0.3, -0.25) is 14.5 Å². The second-order valence-electron chi connectivity index (χ2n) is 3.66. The first-order chi connectivity index (χ1) is 8.61. The Bertz CT molecular complexity index is 451. The predicted molar refractivity (Wildman–Crippen MR) is 68.0 cm³/mol. The van der Waals surface area contributed by atoms with E-state index in [0.29, 0.717) is 5.69 Å². The van der Waals surface area contributed by atoms with Crippen LogP contribution in [0.4, 0.5) is 5.69 Å². The highest BCUT2D eigenvalue weighted by Gasteiger charge is 2.12. The predicted octanol–water partition coefficient (Wildman–Crippen LogP) is 0.645. The van der Waals surface area contributed by atoms with Crippen molar-refractivity contribution in [2.45, 2.75) is 0 Å². The lowest BCUT2D eigenvalue weighted by atomic mass is 10.3. The Labute approximate surface area is 105 Å². The van der Waals surface area contributed by atoms with Gasteiger partial charge in [-0.1, -0.05) is 24.1 Å². The van der Waals surface area contributed by atoms with Crippen LogP contribution in [0.1, 0.15) is 0 Å². The number of anilines is 1. The SMILES string of the molecule is C#CCN(CC(=O)O)CC(=O)Nc1ccccc1. The molecular formula is C13H14N2O3. The van der Waals surface area contributed by atoms with E-state index in [1.807, 2.05) is 6.07 Å². The highest BCUT2D eigenvalue weighted by Crippen LogP contribution is 2.04. The van der Waals surface area contributed by atoms with Crippen LogP contribution in [0.2, 0.25) is 0 Å². The van der Waals surface area contributed by atoms with Crippen LogP contribution in [-0.2, 0) is 9.59 Å². The molecule has 0 saturated carbocycles. The molecule has 1 aromatic carbocycles. The van der Waals surface area contributed by atoms with Gasteiger partial charge in [0.2, 0.25) is 5.91 Å². The molecule has 0 spiro atoms. The molecule has 18 heavy (non-hydrogen) atoms. The maximum absolute atomic E-state index is 11.7. The summed E-state index contributed by atoms with van der Waals surface area (Å²) in [4.78, 5) is 23.6. The lowest BCUT2D eigenvalue weighted by molar-refractivity contribution is -0.138. The first-order valence-electron chi connectivity index (χ1n) is 5.34. The normalized spacial score (nSPS) is 9.78. The first kappa shape index (κ1) is 13.7. The molecule has 1 amide bonds. The Morgan fingerprint density at radius 2 is 1.94 bits per heavy atom. The Morgan fingerprint density at radius 1 is 1.28 bits per heavy atom. The third-order valence-electron chi connectivity index (χ3n) is 2.10. The van der Waals surface area contributed by atoms with Crippen LogP contribution in [0.15, 0.2) is 30.3 Å². The van der Waals surface area contributed by atoms with Crippen molar-refractivity contribution >= 4 is 17.6 Å². The number of carbonyl (C=O) groups excluding carboxylic acids is 1. The van der Waals surface area contributed by atoms with Gasteiger partial charge in [-0.05, 0) is 12.1 Å². The maximum atomic E-state index is 11.7. The fraction of sp³-hybridized carbons (Fsp3) is 0.231. The van der Waals surface area contributed by atoms with Gasteiger partial charge in [0.25, 0.3) is 0 Å². The minimum absolute atomic E-state index is 0.0502. The summed E-state index contributed by atoms with van der Waals surface area (Å²) in [7, 11) is 0. The molecule has 5 nitrogen and oxygen atoms in total. The van der Waals surface area contributed by atoms with Gasteiger partial charge in [-0.15, -0.1) is 6.42 Å². The molecule has 0 atom stereocenters. The average molecular weight is 246 g/mol. The zero-order chi connectivity index (χ0) is 13.4. The van der Waals surface area contributed by atoms with Crippen molar-refractivity contribution in [2.24, 2.45) is 0 Å². The van der Waals surface area contributed by atoms with Crippen molar-refractivity contribution in [2.75, 3.05) is 25.0 Å². The van der Waals surface area contributed by atoms with Gasteiger partial charge in [0.05, 0.1) is 19.6 Å². The lowest BCUT2D eigenvalue weighted by Crippen LogP contribution is -2.37. The van der Waals surface area contributed by atoms with Crippen LogP contribution in [0.3, 0.4) is 0 Å². The van der Waals surface area contributed by atoms with Crippen molar-refractivity contribution in [3.8, 4) is 12.3 Å². The quantitative estimate of drug-likeness (QED) is 0.723. The van der Waals surface area contributed by atoms with Crippen LogP contribution in [0.25, 0.3) is 0 Å². The smallest absolute Gasteiger partial charge is 0.317 e. The lowest BCUT2D eigenvalue weighted by Gasteiger charge is -2.16. The monoisotopic (exact) mass is 246 g/mol. The highest BCUT2D eigenvalue weighted by molar-refractivity contribution is 5.92. The number of carboxylic acids is 1. The summed E-state index contributed by atoms with van der Waals surface area (Å²) < 4.78 is 0. The summed E-state index contributed by atoms with van der Waals surface area (Å²) in [5.41, 5.74) is 0.665. The largest absolute Gasteiger partial charge is 0.480 e. The second-order valence-corrected chi connectivity index (χ2v) is 3.66. The molecule has 94 valence electrons. The Kier molecular flexibility index (Phi) is 5.42. The molecule has 0 heterocycles. The van der Waals surface area contributed by atoms with Crippen LogP contribution >= 0.6 is 0 Å². The molecule has 0 unspecified atom stereocenters. The van der Waals surface area contributed by atoms with Crippen LogP contribution < -0.4 is 5.32 Å². The molecule has 0 aliphatic rings. The van der Waals surface area contributed by atoms with E-state index >= 15 is 0 Å². The summed E-state index contributed by atoms with van der Waals surface area (Å²) in [5, 5.41) is 11.3. The van der Waals surface area contributed by atoms with E-state index in [0.717, 1.165) is 0 Å². The maximum Gasteiger partial charge on any atom is 0.317 e. The molecule has 5 heteroatoms. The Balaban J connectivity index is 2.51.